The number of hydrogen-bond acceptors (Lipinski definition) is 4. The predicted octanol–water partition coefficient (Wildman–Crippen LogP) is -0.269. The Morgan fingerprint density at radius 2 is 1.80 bits per heavy atom. The van der Waals surface area contributed by atoms with Crippen LogP contribution in [0, 0.1) is 11.8 Å². The van der Waals surface area contributed by atoms with Crippen LogP contribution in [-0.2, 0) is 15.0 Å². The molecule has 7 nitrogen and oxygen atoms in total. The summed E-state index contributed by atoms with van der Waals surface area (Å²) >= 11 is 0. The van der Waals surface area contributed by atoms with E-state index >= 15 is 0 Å². The van der Waals surface area contributed by atoms with Gasteiger partial charge in [0.05, 0.1) is 12.0 Å². The quantitative estimate of drug-likeness (QED) is 0.748. The molecule has 0 bridgehead atoms. The zero-order chi connectivity index (χ0) is 14.9. The average molecular weight is 306 g/mol. The molecule has 2 aliphatic rings. The molecular weight excluding hydrogens is 284 g/mol. The summed E-state index contributed by atoms with van der Waals surface area (Å²) in [7, 11) is -3.62. The Morgan fingerprint density at radius 3 is 2.40 bits per heavy atom. The van der Waals surface area contributed by atoms with Gasteiger partial charge in [-0.25, -0.2) is 0 Å². The number of carboxylic acid groups (broad SMARTS) is 1. The SMILES string of the molecule is CC1CN(S(=O)(=O)N2CCCC(C(=O)O)C2)CCC1O. The van der Waals surface area contributed by atoms with E-state index in [9.17, 15) is 18.3 Å². The van der Waals surface area contributed by atoms with Gasteiger partial charge in [-0.15, -0.1) is 0 Å². The summed E-state index contributed by atoms with van der Waals surface area (Å²) in [5, 5.41) is 18.7. The number of carbonyl (C=O) groups is 1. The topological polar surface area (TPSA) is 98.2 Å². The van der Waals surface area contributed by atoms with Crippen molar-refractivity contribution in [2.45, 2.75) is 32.3 Å². The number of rotatable bonds is 3. The Hall–Kier alpha value is -0.700. The first-order chi connectivity index (χ1) is 9.32. The molecule has 0 aliphatic carbocycles. The second-order valence-corrected chi connectivity index (χ2v) is 7.66. The number of nitrogens with zero attached hydrogens (tertiary/aromatic N) is 2. The number of carboxylic acids is 1. The summed E-state index contributed by atoms with van der Waals surface area (Å²) in [4.78, 5) is 11.0. The maximum atomic E-state index is 12.5. The van der Waals surface area contributed by atoms with Gasteiger partial charge in [-0.3, -0.25) is 4.79 Å². The lowest BCUT2D eigenvalue weighted by atomic mass is 9.99. The number of aliphatic hydroxyl groups excluding tert-OH is 1. The third-order valence-corrected chi connectivity index (χ3v) is 6.18. The van der Waals surface area contributed by atoms with E-state index in [4.69, 9.17) is 5.11 Å². The lowest BCUT2D eigenvalue weighted by molar-refractivity contribution is -0.142. The van der Waals surface area contributed by atoms with Crippen molar-refractivity contribution < 1.29 is 23.4 Å². The minimum Gasteiger partial charge on any atom is -0.481 e. The smallest absolute Gasteiger partial charge is 0.307 e. The van der Waals surface area contributed by atoms with Gasteiger partial charge < -0.3 is 10.2 Å². The molecule has 2 fully saturated rings. The molecule has 0 amide bonds. The summed E-state index contributed by atoms with van der Waals surface area (Å²) in [6.07, 6.45) is 1.06. The van der Waals surface area contributed by atoms with Gasteiger partial charge in [-0.1, -0.05) is 6.92 Å². The highest BCUT2D eigenvalue weighted by Gasteiger charge is 2.38. The van der Waals surface area contributed by atoms with E-state index in [1.807, 2.05) is 6.92 Å². The molecule has 2 aliphatic heterocycles. The molecule has 8 heteroatoms. The number of aliphatic hydroxyl groups is 1. The molecule has 2 saturated heterocycles. The minimum absolute atomic E-state index is 0.0467. The fourth-order valence-corrected chi connectivity index (χ4v) is 4.64. The van der Waals surface area contributed by atoms with Crippen LogP contribution in [0.15, 0.2) is 0 Å². The van der Waals surface area contributed by atoms with Crippen LogP contribution in [0.25, 0.3) is 0 Å². The van der Waals surface area contributed by atoms with Crippen LogP contribution in [0.3, 0.4) is 0 Å². The van der Waals surface area contributed by atoms with Crippen LogP contribution in [0.2, 0.25) is 0 Å². The van der Waals surface area contributed by atoms with Crippen LogP contribution in [-0.4, -0.2) is 65.5 Å². The Labute approximate surface area is 119 Å². The molecule has 3 unspecified atom stereocenters. The van der Waals surface area contributed by atoms with Crippen molar-refractivity contribution in [3.8, 4) is 0 Å². The number of aliphatic carboxylic acids is 1. The molecule has 0 saturated carbocycles. The first kappa shape index (κ1) is 15.7. The van der Waals surface area contributed by atoms with Crippen LogP contribution in [0.1, 0.15) is 26.2 Å². The van der Waals surface area contributed by atoms with E-state index < -0.39 is 28.2 Å². The molecule has 0 spiro atoms. The molecular formula is C12H22N2O5S. The van der Waals surface area contributed by atoms with E-state index in [-0.39, 0.29) is 19.0 Å². The van der Waals surface area contributed by atoms with Gasteiger partial charge in [0.1, 0.15) is 0 Å². The van der Waals surface area contributed by atoms with Crippen LogP contribution < -0.4 is 0 Å². The third-order valence-electron chi connectivity index (χ3n) is 4.21. The summed E-state index contributed by atoms with van der Waals surface area (Å²) in [6.45, 7) is 2.83. The second-order valence-electron chi connectivity index (χ2n) is 5.73. The minimum atomic E-state index is -3.62. The van der Waals surface area contributed by atoms with E-state index in [1.165, 1.54) is 8.61 Å². The molecule has 0 aromatic rings. The highest BCUT2D eigenvalue weighted by molar-refractivity contribution is 7.86. The molecule has 116 valence electrons. The fraction of sp³-hybridized carbons (Fsp3) is 0.917. The predicted molar refractivity (Wildman–Crippen MR) is 72.2 cm³/mol. The van der Waals surface area contributed by atoms with Crippen molar-refractivity contribution >= 4 is 16.2 Å². The van der Waals surface area contributed by atoms with E-state index in [0.29, 0.717) is 32.4 Å². The Kier molecular flexibility index (Phi) is 4.68. The maximum Gasteiger partial charge on any atom is 0.307 e. The van der Waals surface area contributed by atoms with Gasteiger partial charge in [0.2, 0.25) is 0 Å². The average Bonchev–Trinajstić information content (AvgIpc) is 2.42. The van der Waals surface area contributed by atoms with Crippen molar-refractivity contribution in [2.24, 2.45) is 11.8 Å². The Morgan fingerprint density at radius 1 is 1.15 bits per heavy atom. The van der Waals surface area contributed by atoms with Crippen molar-refractivity contribution in [1.29, 1.82) is 0 Å². The van der Waals surface area contributed by atoms with Crippen LogP contribution in [0.5, 0.6) is 0 Å². The van der Waals surface area contributed by atoms with E-state index in [1.54, 1.807) is 0 Å². The lowest BCUT2D eigenvalue weighted by Crippen LogP contribution is -2.53. The van der Waals surface area contributed by atoms with Gasteiger partial charge in [0, 0.05) is 26.2 Å². The highest BCUT2D eigenvalue weighted by Crippen LogP contribution is 2.25. The van der Waals surface area contributed by atoms with Crippen molar-refractivity contribution in [3.05, 3.63) is 0 Å². The van der Waals surface area contributed by atoms with Crippen molar-refractivity contribution in [3.63, 3.8) is 0 Å². The zero-order valence-electron chi connectivity index (χ0n) is 11.6. The summed E-state index contributed by atoms with van der Waals surface area (Å²) in [5.74, 6) is -1.66. The molecule has 20 heavy (non-hydrogen) atoms. The number of piperidine rings is 2. The summed E-state index contributed by atoms with van der Waals surface area (Å²) in [6, 6.07) is 0. The monoisotopic (exact) mass is 306 g/mol. The second kappa shape index (κ2) is 5.97. The molecule has 2 heterocycles. The highest BCUT2D eigenvalue weighted by atomic mass is 32.2. The first-order valence-electron chi connectivity index (χ1n) is 6.98. The Balaban J connectivity index is 2.08. The lowest BCUT2D eigenvalue weighted by Gasteiger charge is -2.38. The van der Waals surface area contributed by atoms with Gasteiger partial charge in [0.15, 0.2) is 0 Å². The van der Waals surface area contributed by atoms with Crippen LogP contribution in [0.4, 0.5) is 0 Å². The van der Waals surface area contributed by atoms with Gasteiger partial charge >= 0.3 is 5.97 Å². The summed E-state index contributed by atoms with van der Waals surface area (Å²) in [5.41, 5.74) is 0. The van der Waals surface area contributed by atoms with Crippen molar-refractivity contribution in [1.82, 2.24) is 8.61 Å². The maximum absolute atomic E-state index is 12.5. The molecule has 0 radical (unpaired) electrons. The van der Waals surface area contributed by atoms with E-state index in [2.05, 4.69) is 0 Å². The first-order valence-corrected chi connectivity index (χ1v) is 8.38. The van der Waals surface area contributed by atoms with Gasteiger partial charge in [-0.2, -0.15) is 17.0 Å². The van der Waals surface area contributed by atoms with E-state index in [0.717, 1.165) is 0 Å². The molecule has 2 N–H and O–H groups in total. The normalized spacial score (nSPS) is 34.0. The van der Waals surface area contributed by atoms with Crippen LogP contribution >= 0.6 is 0 Å². The molecule has 0 aromatic heterocycles. The van der Waals surface area contributed by atoms with Crippen molar-refractivity contribution in [2.75, 3.05) is 26.2 Å². The molecule has 0 aromatic carbocycles. The Bertz CT molecular complexity index is 466. The van der Waals surface area contributed by atoms with Gasteiger partial charge in [0.25, 0.3) is 10.2 Å². The summed E-state index contributed by atoms with van der Waals surface area (Å²) < 4.78 is 27.7. The standard InChI is InChI=1S/C12H22N2O5S/c1-9-7-14(6-4-11(9)15)20(18,19)13-5-2-3-10(8-13)12(16)17/h9-11,15H,2-8H2,1H3,(H,16,17). The fourth-order valence-electron chi connectivity index (χ4n) is 2.82. The molecule has 2 rings (SSSR count). The third kappa shape index (κ3) is 3.13. The zero-order valence-corrected chi connectivity index (χ0v) is 12.4. The largest absolute Gasteiger partial charge is 0.481 e. The number of hydrogen-bond donors (Lipinski definition) is 2. The van der Waals surface area contributed by atoms with Gasteiger partial charge in [-0.05, 0) is 25.2 Å². The molecule has 3 atom stereocenters.